The predicted octanol–water partition coefficient (Wildman–Crippen LogP) is 1.29. The van der Waals surface area contributed by atoms with Crippen molar-refractivity contribution < 1.29 is 5.11 Å². The minimum absolute atomic E-state index is 0.170. The molecule has 0 radical (unpaired) electrons. The van der Waals surface area contributed by atoms with Crippen LogP contribution in [0.2, 0.25) is 0 Å². The average Bonchev–Trinajstić information content (AvgIpc) is 2.53. The van der Waals surface area contributed by atoms with Crippen molar-refractivity contribution in [2.24, 2.45) is 0 Å². The molecule has 1 fully saturated rings. The zero-order valence-electron chi connectivity index (χ0n) is 13.6. The molecule has 1 aliphatic rings. The molecule has 1 heterocycles. The third-order valence-corrected chi connectivity index (χ3v) is 4.44. The molecule has 0 saturated carbocycles. The van der Waals surface area contributed by atoms with Gasteiger partial charge in [0.15, 0.2) is 0 Å². The molecule has 1 aromatic rings. The number of aliphatic hydroxyl groups is 1. The van der Waals surface area contributed by atoms with Crippen molar-refractivity contribution in [3.05, 3.63) is 35.9 Å². The van der Waals surface area contributed by atoms with Gasteiger partial charge < -0.3 is 10.0 Å². The van der Waals surface area contributed by atoms with Gasteiger partial charge in [-0.05, 0) is 26.6 Å². The van der Waals surface area contributed by atoms with Crippen molar-refractivity contribution in [1.82, 2.24) is 14.7 Å². The number of hydrogen-bond acceptors (Lipinski definition) is 4. The largest absolute Gasteiger partial charge is 0.387 e. The summed E-state index contributed by atoms with van der Waals surface area (Å²) >= 11 is 0. The van der Waals surface area contributed by atoms with Gasteiger partial charge >= 0.3 is 0 Å². The first-order valence-electron chi connectivity index (χ1n) is 7.92. The van der Waals surface area contributed by atoms with Crippen LogP contribution in [0.5, 0.6) is 0 Å². The number of aliphatic hydroxyl groups excluding tert-OH is 1. The van der Waals surface area contributed by atoms with Gasteiger partial charge in [-0.2, -0.15) is 0 Å². The highest BCUT2D eigenvalue weighted by molar-refractivity contribution is 5.18. The number of benzene rings is 1. The molecule has 4 heteroatoms. The summed E-state index contributed by atoms with van der Waals surface area (Å²) in [7, 11) is 4.24. The maximum atomic E-state index is 10.5. The van der Waals surface area contributed by atoms with E-state index >= 15 is 0 Å². The van der Waals surface area contributed by atoms with Crippen LogP contribution in [0.15, 0.2) is 30.3 Å². The summed E-state index contributed by atoms with van der Waals surface area (Å²) in [6.07, 6.45) is -0.403. The fourth-order valence-corrected chi connectivity index (χ4v) is 2.86. The van der Waals surface area contributed by atoms with Crippen molar-refractivity contribution >= 4 is 0 Å². The second-order valence-corrected chi connectivity index (χ2v) is 6.28. The van der Waals surface area contributed by atoms with Crippen LogP contribution in [0.25, 0.3) is 0 Å². The van der Waals surface area contributed by atoms with E-state index in [0.717, 1.165) is 44.8 Å². The van der Waals surface area contributed by atoms with Crippen molar-refractivity contribution in [1.29, 1.82) is 0 Å². The Hall–Kier alpha value is -0.940. The number of nitrogens with zero attached hydrogens (tertiary/aromatic N) is 3. The van der Waals surface area contributed by atoms with Gasteiger partial charge in [0.1, 0.15) is 0 Å². The number of piperazine rings is 1. The lowest BCUT2D eigenvalue weighted by atomic mass is 10.0. The fraction of sp³-hybridized carbons (Fsp3) is 0.647. The third kappa shape index (κ3) is 4.78. The molecule has 2 atom stereocenters. The van der Waals surface area contributed by atoms with Crippen molar-refractivity contribution in [2.75, 3.05) is 53.4 Å². The Kier molecular flexibility index (Phi) is 6.18. The molecule has 1 saturated heterocycles. The normalized spacial score (nSPS) is 20.6. The molecule has 118 valence electrons. The van der Waals surface area contributed by atoms with Gasteiger partial charge in [-0.1, -0.05) is 30.3 Å². The van der Waals surface area contributed by atoms with E-state index in [9.17, 15) is 5.11 Å². The Morgan fingerprint density at radius 3 is 2.29 bits per heavy atom. The third-order valence-electron chi connectivity index (χ3n) is 4.44. The van der Waals surface area contributed by atoms with Gasteiger partial charge in [-0.25, -0.2) is 0 Å². The van der Waals surface area contributed by atoms with E-state index in [-0.39, 0.29) is 6.04 Å². The molecule has 2 rings (SSSR count). The highest BCUT2D eigenvalue weighted by Crippen LogP contribution is 2.21. The predicted molar refractivity (Wildman–Crippen MR) is 87.4 cm³/mol. The standard InChI is InChI=1S/C17H29N3O/c1-15(17(21)16-7-5-4-6-8-16)20-13-11-19(12-14-20)10-9-18(2)3/h4-8,15,17,21H,9-14H2,1-3H3. The summed E-state index contributed by atoms with van der Waals surface area (Å²) in [4.78, 5) is 7.15. The number of rotatable bonds is 6. The highest BCUT2D eigenvalue weighted by Gasteiger charge is 2.26. The Morgan fingerprint density at radius 1 is 1.10 bits per heavy atom. The molecule has 21 heavy (non-hydrogen) atoms. The molecule has 0 aliphatic carbocycles. The van der Waals surface area contributed by atoms with E-state index in [1.165, 1.54) is 0 Å². The topological polar surface area (TPSA) is 30.0 Å². The zero-order valence-corrected chi connectivity index (χ0v) is 13.6. The molecule has 4 nitrogen and oxygen atoms in total. The second-order valence-electron chi connectivity index (χ2n) is 6.28. The van der Waals surface area contributed by atoms with Crippen LogP contribution in [0.4, 0.5) is 0 Å². The molecule has 1 aliphatic heterocycles. The van der Waals surface area contributed by atoms with Gasteiger partial charge in [-0.3, -0.25) is 9.80 Å². The second kappa shape index (κ2) is 7.90. The minimum atomic E-state index is -0.403. The molecule has 2 unspecified atom stereocenters. The summed E-state index contributed by atoms with van der Waals surface area (Å²) in [5.41, 5.74) is 1.01. The summed E-state index contributed by atoms with van der Waals surface area (Å²) in [6, 6.07) is 10.2. The number of likely N-dealkylation sites (N-methyl/N-ethyl adjacent to an activating group) is 1. The first-order valence-corrected chi connectivity index (χ1v) is 7.92. The maximum Gasteiger partial charge on any atom is 0.0942 e. The quantitative estimate of drug-likeness (QED) is 0.855. The molecular weight excluding hydrogens is 262 g/mol. The smallest absolute Gasteiger partial charge is 0.0942 e. The van der Waals surface area contributed by atoms with E-state index in [2.05, 4.69) is 35.7 Å². The van der Waals surface area contributed by atoms with E-state index in [4.69, 9.17) is 0 Å². The Balaban J connectivity index is 1.81. The molecule has 1 aromatic carbocycles. The van der Waals surface area contributed by atoms with E-state index in [0.29, 0.717) is 0 Å². The maximum absolute atomic E-state index is 10.5. The van der Waals surface area contributed by atoms with Gasteiger partial charge in [0, 0.05) is 45.3 Å². The lowest BCUT2D eigenvalue weighted by Crippen LogP contribution is -2.52. The average molecular weight is 291 g/mol. The van der Waals surface area contributed by atoms with Gasteiger partial charge in [-0.15, -0.1) is 0 Å². The Bertz CT molecular complexity index is 402. The summed E-state index contributed by atoms with van der Waals surface area (Å²) < 4.78 is 0. The first-order chi connectivity index (χ1) is 10.1. The van der Waals surface area contributed by atoms with E-state index in [1.807, 2.05) is 30.3 Å². The van der Waals surface area contributed by atoms with Crippen LogP contribution in [-0.2, 0) is 0 Å². The van der Waals surface area contributed by atoms with Gasteiger partial charge in [0.25, 0.3) is 0 Å². The van der Waals surface area contributed by atoms with Crippen LogP contribution in [-0.4, -0.2) is 79.2 Å². The highest BCUT2D eigenvalue weighted by atomic mass is 16.3. The minimum Gasteiger partial charge on any atom is -0.387 e. The summed E-state index contributed by atoms with van der Waals surface area (Å²) in [5, 5.41) is 10.5. The SMILES string of the molecule is CC(C(O)c1ccccc1)N1CCN(CCN(C)C)CC1. The van der Waals surface area contributed by atoms with Gasteiger partial charge in [0.05, 0.1) is 6.10 Å². The molecular formula is C17H29N3O. The molecule has 1 N–H and O–H groups in total. The van der Waals surface area contributed by atoms with E-state index < -0.39 is 6.10 Å². The van der Waals surface area contributed by atoms with Crippen molar-refractivity contribution in [2.45, 2.75) is 19.1 Å². The van der Waals surface area contributed by atoms with Crippen LogP contribution in [0.3, 0.4) is 0 Å². The monoisotopic (exact) mass is 291 g/mol. The van der Waals surface area contributed by atoms with Crippen LogP contribution < -0.4 is 0 Å². The van der Waals surface area contributed by atoms with Crippen LogP contribution in [0, 0.1) is 0 Å². The Morgan fingerprint density at radius 2 is 1.71 bits per heavy atom. The summed E-state index contributed by atoms with van der Waals surface area (Å²) in [5.74, 6) is 0. The molecule has 0 bridgehead atoms. The van der Waals surface area contributed by atoms with Crippen molar-refractivity contribution in [3.63, 3.8) is 0 Å². The van der Waals surface area contributed by atoms with Gasteiger partial charge in [0.2, 0.25) is 0 Å². The van der Waals surface area contributed by atoms with E-state index in [1.54, 1.807) is 0 Å². The summed E-state index contributed by atoms with van der Waals surface area (Å²) in [6.45, 7) is 8.65. The molecule has 0 spiro atoms. The lowest BCUT2D eigenvalue weighted by Gasteiger charge is -2.40. The fourth-order valence-electron chi connectivity index (χ4n) is 2.86. The zero-order chi connectivity index (χ0) is 15.2. The lowest BCUT2D eigenvalue weighted by molar-refractivity contribution is 0.0251. The first kappa shape index (κ1) is 16.4. The van der Waals surface area contributed by atoms with Crippen LogP contribution >= 0.6 is 0 Å². The number of hydrogen-bond donors (Lipinski definition) is 1. The van der Waals surface area contributed by atoms with Crippen molar-refractivity contribution in [3.8, 4) is 0 Å². The van der Waals surface area contributed by atoms with Crippen LogP contribution in [0.1, 0.15) is 18.6 Å². The Labute approximate surface area is 129 Å². The molecule has 0 aromatic heterocycles. The molecule has 0 amide bonds.